The standard InChI is InChI=1S/C26H32N2OS/c1-19-11-12-24-22(20(19)2)13-17-28(26(24)29)16-7-15-27(3)14-6-8-21-18-30-25-10-5-4-9-23(21)25/h4-5,9-12,18H,6-8,13-17H2,1-3H3. The van der Waals surface area contributed by atoms with Gasteiger partial charge in [0.15, 0.2) is 0 Å². The van der Waals surface area contributed by atoms with Crippen molar-refractivity contribution >= 4 is 27.3 Å². The zero-order valence-electron chi connectivity index (χ0n) is 18.4. The summed E-state index contributed by atoms with van der Waals surface area (Å²) >= 11 is 1.85. The lowest BCUT2D eigenvalue weighted by Crippen LogP contribution is -2.39. The fourth-order valence-corrected chi connectivity index (χ4v) is 5.53. The Hall–Kier alpha value is -2.17. The largest absolute Gasteiger partial charge is 0.338 e. The first-order valence-electron chi connectivity index (χ1n) is 11.1. The molecular formula is C26H32N2OS. The smallest absolute Gasteiger partial charge is 0.254 e. The summed E-state index contributed by atoms with van der Waals surface area (Å²) in [6.07, 6.45) is 4.32. The fourth-order valence-electron chi connectivity index (χ4n) is 4.54. The number of nitrogens with zero attached hydrogens (tertiary/aromatic N) is 2. The van der Waals surface area contributed by atoms with Crippen molar-refractivity contribution < 1.29 is 4.79 Å². The first kappa shape index (κ1) is 21.1. The van der Waals surface area contributed by atoms with Crippen molar-refractivity contribution in [3.8, 4) is 0 Å². The molecule has 3 aromatic rings. The molecule has 4 rings (SSSR count). The number of fused-ring (bicyclic) bond motifs is 2. The van der Waals surface area contributed by atoms with E-state index in [1.165, 1.54) is 38.8 Å². The Morgan fingerprint density at radius 3 is 2.73 bits per heavy atom. The fraction of sp³-hybridized carbons (Fsp3) is 0.423. The number of benzene rings is 2. The number of rotatable bonds is 8. The van der Waals surface area contributed by atoms with E-state index in [9.17, 15) is 4.79 Å². The molecular weight excluding hydrogens is 388 g/mol. The Morgan fingerprint density at radius 2 is 1.87 bits per heavy atom. The molecule has 0 atom stereocenters. The zero-order chi connectivity index (χ0) is 21.1. The maximum atomic E-state index is 12.9. The minimum absolute atomic E-state index is 0.214. The van der Waals surface area contributed by atoms with Crippen LogP contribution >= 0.6 is 11.3 Å². The van der Waals surface area contributed by atoms with Gasteiger partial charge in [-0.25, -0.2) is 0 Å². The van der Waals surface area contributed by atoms with Crippen LogP contribution in [0.1, 0.15) is 45.5 Å². The van der Waals surface area contributed by atoms with Crippen LogP contribution in [0.2, 0.25) is 0 Å². The second kappa shape index (κ2) is 9.32. The second-order valence-electron chi connectivity index (χ2n) is 8.59. The number of amides is 1. The molecule has 1 amide bonds. The van der Waals surface area contributed by atoms with Gasteiger partial charge in [-0.1, -0.05) is 24.3 Å². The number of carbonyl (C=O) groups excluding carboxylic acids is 1. The number of thiophene rings is 1. The van der Waals surface area contributed by atoms with Gasteiger partial charge in [0.05, 0.1) is 0 Å². The zero-order valence-corrected chi connectivity index (χ0v) is 19.2. The molecule has 3 nitrogen and oxygen atoms in total. The van der Waals surface area contributed by atoms with Crippen LogP contribution in [-0.4, -0.2) is 48.9 Å². The Labute approximate surface area is 184 Å². The number of hydrogen-bond donors (Lipinski definition) is 0. The first-order valence-corrected chi connectivity index (χ1v) is 11.9. The van der Waals surface area contributed by atoms with E-state index < -0.39 is 0 Å². The van der Waals surface area contributed by atoms with Crippen LogP contribution in [0.4, 0.5) is 0 Å². The molecule has 158 valence electrons. The van der Waals surface area contributed by atoms with E-state index in [0.717, 1.165) is 51.0 Å². The monoisotopic (exact) mass is 420 g/mol. The second-order valence-corrected chi connectivity index (χ2v) is 9.50. The molecule has 0 fully saturated rings. The van der Waals surface area contributed by atoms with Gasteiger partial charge in [0, 0.05) is 23.4 Å². The third-order valence-corrected chi connectivity index (χ3v) is 7.55. The van der Waals surface area contributed by atoms with E-state index in [0.29, 0.717) is 0 Å². The Balaban J connectivity index is 1.21. The van der Waals surface area contributed by atoms with Gasteiger partial charge in [0.2, 0.25) is 0 Å². The van der Waals surface area contributed by atoms with Gasteiger partial charge < -0.3 is 9.80 Å². The molecule has 1 aliphatic heterocycles. The minimum Gasteiger partial charge on any atom is -0.338 e. The highest BCUT2D eigenvalue weighted by Crippen LogP contribution is 2.27. The van der Waals surface area contributed by atoms with Crippen molar-refractivity contribution in [2.45, 2.75) is 39.5 Å². The van der Waals surface area contributed by atoms with E-state index in [4.69, 9.17) is 0 Å². The Morgan fingerprint density at radius 1 is 1.07 bits per heavy atom. The lowest BCUT2D eigenvalue weighted by atomic mass is 9.91. The van der Waals surface area contributed by atoms with Crippen molar-refractivity contribution in [1.29, 1.82) is 0 Å². The summed E-state index contributed by atoms with van der Waals surface area (Å²) < 4.78 is 1.39. The van der Waals surface area contributed by atoms with Crippen LogP contribution in [0, 0.1) is 13.8 Å². The summed E-state index contributed by atoms with van der Waals surface area (Å²) in [6.45, 7) is 8.11. The molecule has 0 bridgehead atoms. The van der Waals surface area contributed by atoms with Gasteiger partial charge in [-0.3, -0.25) is 4.79 Å². The lowest BCUT2D eigenvalue weighted by molar-refractivity contribution is 0.0733. The highest BCUT2D eigenvalue weighted by Gasteiger charge is 2.25. The molecule has 0 aliphatic carbocycles. The van der Waals surface area contributed by atoms with Crippen molar-refractivity contribution in [3.63, 3.8) is 0 Å². The number of carbonyl (C=O) groups is 1. The van der Waals surface area contributed by atoms with Gasteiger partial charge in [-0.15, -0.1) is 11.3 Å². The number of aryl methyl sites for hydroxylation is 2. The Kier molecular flexibility index (Phi) is 6.55. The predicted molar refractivity (Wildman–Crippen MR) is 128 cm³/mol. The van der Waals surface area contributed by atoms with Crippen molar-refractivity contribution in [3.05, 3.63) is 69.6 Å². The summed E-state index contributed by atoms with van der Waals surface area (Å²) in [5.41, 5.74) is 6.23. The highest BCUT2D eigenvalue weighted by molar-refractivity contribution is 7.17. The molecule has 0 saturated heterocycles. The summed E-state index contributed by atoms with van der Waals surface area (Å²) in [4.78, 5) is 17.3. The highest BCUT2D eigenvalue weighted by atomic mass is 32.1. The topological polar surface area (TPSA) is 23.6 Å². The van der Waals surface area contributed by atoms with Crippen molar-refractivity contribution in [2.75, 3.05) is 33.2 Å². The molecule has 1 aliphatic rings. The van der Waals surface area contributed by atoms with Crippen molar-refractivity contribution in [2.24, 2.45) is 0 Å². The normalized spacial score (nSPS) is 14.0. The molecule has 2 heterocycles. The Bertz CT molecular complexity index is 1040. The molecule has 0 unspecified atom stereocenters. The van der Waals surface area contributed by atoms with Crippen molar-refractivity contribution in [1.82, 2.24) is 9.80 Å². The van der Waals surface area contributed by atoms with E-state index >= 15 is 0 Å². The van der Waals surface area contributed by atoms with Gasteiger partial charge in [0.25, 0.3) is 5.91 Å². The molecule has 0 saturated carbocycles. The third kappa shape index (κ3) is 4.45. The van der Waals surface area contributed by atoms with Gasteiger partial charge in [-0.2, -0.15) is 0 Å². The quantitative estimate of drug-likeness (QED) is 0.482. The summed E-state index contributed by atoms with van der Waals surface area (Å²) in [6, 6.07) is 12.8. The molecule has 0 radical (unpaired) electrons. The van der Waals surface area contributed by atoms with Crippen LogP contribution in [0.3, 0.4) is 0 Å². The first-order chi connectivity index (χ1) is 14.5. The van der Waals surface area contributed by atoms with Crippen LogP contribution in [0.25, 0.3) is 10.1 Å². The maximum absolute atomic E-state index is 12.9. The third-order valence-electron chi connectivity index (χ3n) is 6.53. The average molecular weight is 421 g/mol. The van der Waals surface area contributed by atoms with E-state index in [1.807, 2.05) is 22.3 Å². The van der Waals surface area contributed by atoms with Crippen LogP contribution in [0.5, 0.6) is 0 Å². The van der Waals surface area contributed by atoms with Crippen LogP contribution in [-0.2, 0) is 12.8 Å². The maximum Gasteiger partial charge on any atom is 0.254 e. The summed E-state index contributed by atoms with van der Waals surface area (Å²) in [5, 5.41) is 3.73. The lowest BCUT2D eigenvalue weighted by Gasteiger charge is -2.30. The summed E-state index contributed by atoms with van der Waals surface area (Å²) in [7, 11) is 2.20. The predicted octanol–water partition coefficient (Wildman–Crippen LogP) is 5.47. The molecule has 4 heteroatoms. The molecule has 0 N–H and O–H groups in total. The molecule has 30 heavy (non-hydrogen) atoms. The van der Waals surface area contributed by atoms with E-state index in [1.54, 1.807) is 0 Å². The van der Waals surface area contributed by atoms with Gasteiger partial charge >= 0.3 is 0 Å². The molecule has 2 aromatic carbocycles. The van der Waals surface area contributed by atoms with E-state index in [-0.39, 0.29) is 5.91 Å². The van der Waals surface area contributed by atoms with Gasteiger partial charge in [-0.05, 0) is 105 Å². The number of hydrogen-bond acceptors (Lipinski definition) is 3. The summed E-state index contributed by atoms with van der Waals surface area (Å²) in [5.74, 6) is 0.214. The van der Waals surface area contributed by atoms with Crippen LogP contribution < -0.4 is 0 Å². The van der Waals surface area contributed by atoms with Crippen LogP contribution in [0.15, 0.2) is 41.8 Å². The SMILES string of the molecule is Cc1ccc2c(c1C)CCN(CCCN(C)CCCc1csc3ccccc13)C2=O. The van der Waals surface area contributed by atoms with E-state index in [2.05, 4.69) is 61.5 Å². The molecule has 1 aromatic heterocycles. The minimum atomic E-state index is 0.214. The molecule has 0 spiro atoms. The van der Waals surface area contributed by atoms with Gasteiger partial charge in [0.1, 0.15) is 0 Å². The average Bonchev–Trinajstić information content (AvgIpc) is 3.16.